The molecule has 0 aliphatic carbocycles. The van der Waals surface area contributed by atoms with Gasteiger partial charge in [0.05, 0.1) is 17.4 Å². The number of hydrogen-bond acceptors (Lipinski definition) is 4. The Hall–Kier alpha value is -2.01. The predicted octanol–water partition coefficient (Wildman–Crippen LogP) is 2.47. The maximum Gasteiger partial charge on any atom is 0.140 e. The van der Waals surface area contributed by atoms with Crippen LogP contribution in [-0.2, 0) is 0 Å². The molecule has 0 amide bonds. The van der Waals surface area contributed by atoms with Crippen LogP contribution >= 0.6 is 12.2 Å². The van der Waals surface area contributed by atoms with Gasteiger partial charge in [-0.15, -0.1) is 0 Å². The first-order chi connectivity index (χ1) is 8.58. The summed E-state index contributed by atoms with van der Waals surface area (Å²) < 4.78 is 0. The zero-order valence-corrected chi connectivity index (χ0v) is 11.1. The van der Waals surface area contributed by atoms with Gasteiger partial charge in [-0.1, -0.05) is 12.2 Å². The first kappa shape index (κ1) is 12.4. The van der Waals surface area contributed by atoms with Crippen molar-refractivity contribution in [1.29, 1.82) is 0 Å². The lowest BCUT2D eigenvalue weighted by atomic mass is 10.1. The van der Waals surface area contributed by atoms with Crippen LogP contribution in [0.5, 0.6) is 0 Å². The second kappa shape index (κ2) is 5.10. The number of nitrogens with one attached hydrogen (secondary N) is 1. The molecule has 2 aromatic rings. The van der Waals surface area contributed by atoms with Gasteiger partial charge in [0.25, 0.3) is 0 Å². The minimum Gasteiger partial charge on any atom is -0.389 e. The van der Waals surface area contributed by atoms with E-state index >= 15 is 0 Å². The summed E-state index contributed by atoms with van der Waals surface area (Å²) in [5, 5.41) is 3.19. The largest absolute Gasteiger partial charge is 0.389 e. The highest BCUT2D eigenvalue weighted by molar-refractivity contribution is 7.80. The molecule has 4 nitrogen and oxygen atoms in total. The van der Waals surface area contributed by atoms with Crippen molar-refractivity contribution < 1.29 is 0 Å². The quantitative estimate of drug-likeness (QED) is 0.828. The molecule has 3 N–H and O–H groups in total. The van der Waals surface area contributed by atoms with Crippen molar-refractivity contribution in [2.75, 3.05) is 5.32 Å². The van der Waals surface area contributed by atoms with E-state index in [0.29, 0.717) is 10.8 Å². The number of thiocarbonyl (C=S) groups is 1. The van der Waals surface area contributed by atoms with Crippen molar-refractivity contribution in [3.8, 4) is 0 Å². The Morgan fingerprint density at radius 3 is 2.78 bits per heavy atom. The lowest BCUT2D eigenvalue weighted by molar-refractivity contribution is 1.23. The zero-order chi connectivity index (χ0) is 13.1. The number of nitrogens with zero attached hydrogens (tertiary/aromatic N) is 2. The lowest BCUT2D eigenvalue weighted by Crippen LogP contribution is -2.14. The van der Waals surface area contributed by atoms with Gasteiger partial charge >= 0.3 is 0 Å². The topological polar surface area (TPSA) is 63.8 Å². The number of pyridine rings is 2. The van der Waals surface area contributed by atoms with E-state index in [2.05, 4.69) is 15.3 Å². The van der Waals surface area contributed by atoms with Crippen molar-refractivity contribution in [3.63, 3.8) is 0 Å². The molecule has 0 unspecified atom stereocenters. The van der Waals surface area contributed by atoms with Gasteiger partial charge in [-0.3, -0.25) is 4.98 Å². The van der Waals surface area contributed by atoms with E-state index in [9.17, 15) is 0 Å². The minimum atomic E-state index is 0.337. The van der Waals surface area contributed by atoms with Gasteiger partial charge in [0, 0.05) is 12.4 Å². The van der Waals surface area contributed by atoms with Gasteiger partial charge in [0.1, 0.15) is 10.8 Å². The van der Waals surface area contributed by atoms with Crippen LogP contribution in [0.2, 0.25) is 0 Å². The van der Waals surface area contributed by atoms with Gasteiger partial charge in [-0.05, 0) is 37.1 Å². The Labute approximate surface area is 111 Å². The molecule has 2 rings (SSSR count). The van der Waals surface area contributed by atoms with E-state index in [0.717, 1.165) is 22.4 Å². The summed E-state index contributed by atoms with van der Waals surface area (Å²) in [4.78, 5) is 8.74. The van der Waals surface area contributed by atoms with Crippen LogP contribution in [0, 0.1) is 13.8 Å². The molecule has 0 bridgehead atoms. The van der Waals surface area contributed by atoms with Crippen LogP contribution in [0.3, 0.4) is 0 Å². The molecular weight excluding hydrogens is 244 g/mol. The van der Waals surface area contributed by atoms with Gasteiger partial charge in [-0.25, -0.2) is 4.98 Å². The molecule has 0 spiro atoms. The third-order valence-electron chi connectivity index (χ3n) is 2.54. The smallest absolute Gasteiger partial charge is 0.140 e. The Morgan fingerprint density at radius 2 is 2.11 bits per heavy atom. The lowest BCUT2D eigenvalue weighted by Gasteiger charge is -2.12. The van der Waals surface area contributed by atoms with Gasteiger partial charge in [-0.2, -0.15) is 0 Å². The summed E-state index contributed by atoms with van der Waals surface area (Å²) >= 11 is 5.06. The van der Waals surface area contributed by atoms with E-state index in [1.807, 2.05) is 26.0 Å². The molecule has 0 aliphatic rings. The first-order valence-corrected chi connectivity index (χ1v) is 5.93. The number of aryl methyl sites for hydroxylation is 2. The van der Waals surface area contributed by atoms with E-state index in [1.54, 1.807) is 18.6 Å². The minimum absolute atomic E-state index is 0.337. The molecule has 0 atom stereocenters. The van der Waals surface area contributed by atoms with Crippen molar-refractivity contribution in [1.82, 2.24) is 9.97 Å². The summed E-state index contributed by atoms with van der Waals surface area (Å²) in [5.41, 5.74) is 9.45. The van der Waals surface area contributed by atoms with E-state index < -0.39 is 0 Å². The number of anilines is 2. The third kappa shape index (κ3) is 2.62. The molecule has 0 aliphatic heterocycles. The second-order valence-electron chi connectivity index (χ2n) is 4.09. The molecule has 0 radical (unpaired) electrons. The summed E-state index contributed by atoms with van der Waals surface area (Å²) in [5.74, 6) is 0.662. The fraction of sp³-hybridized carbons (Fsp3) is 0.154. The standard InChI is InChI=1S/C13H14N4S/c1-8-5-10(7-15-6-8)17-13-11(12(14)18)9(2)3-4-16-13/h3-7H,1-2H3,(H2,14,18)(H,16,17). The van der Waals surface area contributed by atoms with Gasteiger partial charge in [0.2, 0.25) is 0 Å². The Bertz CT molecular complexity index is 595. The fourth-order valence-corrected chi connectivity index (χ4v) is 1.98. The molecule has 0 fully saturated rings. The number of nitrogens with two attached hydrogens (primary N) is 1. The van der Waals surface area contributed by atoms with Crippen LogP contribution in [0.4, 0.5) is 11.5 Å². The first-order valence-electron chi connectivity index (χ1n) is 5.52. The second-order valence-corrected chi connectivity index (χ2v) is 4.53. The zero-order valence-electron chi connectivity index (χ0n) is 10.3. The molecule has 0 aromatic carbocycles. The van der Waals surface area contributed by atoms with Crippen LogP contribution < -0.4 is 11.1 Å². The molecule has 0 saturated carbocycles. The monoisotopic (exact) mass is 258 g/mol. The number of rotatable bonds is 3. The summed E-state index contributed by atoms with van der Waals surface area (Å²) in [7, 11) is 0. The molecular formula is C13H14N4S. The molecule has 2 aromatic heterocycles. The molecule has 18 heavy (non-hydrogen) atoms. The van der Waals surface area contributed by atoms with Gasteiger partial charge < -0.3 is 11.1 Å². The van der Waals surface area contributed by atoms with E-state index in [1.165, 1.54) is 0 Å². The Morgan fingerprint density at radius 1 is 1.33 bits per heavy atom. The van der Waals surface area contributed by atoms with Crippen LogP contribution in [0.25, 0.3) is 0 Å². The van der Waals surface area contributed by atoms with E-state index in [4.69, 9.17) is 18.0 Å². The predicted molar refractivity (Wildman–Crippen MR) is 77.1 cm³/mol. The third-order valence-corrected chi connectivity index (χ3v) is 2.75. The van der Waals surface area contributed by atoms with Crippen LogP contribution in [0.1, 0.15) is 16.7 Å². The van der Waals surface area contributed by atoms with E-state index in [-0.39, 0.29) is 0 Å². The van der Waals surface area contributed by atoms with Crippen LogP contribution in [-0.4, -0.2) is 15.0 Å². The summed E-state index contributed by atoms with van der Waals surface area (Å²) in [6.07, 6.45) is 5.26. The van der Waals surface area contributed by atoms with Crippen molar-refractivity contribution in [3.05, 3.63) is 47.4 Å². The average molecular weight is 258 g/mol. The molecule has 2 heterocycles. The maximum absolute atomic E-state index is 5.73. The summed E-state index contributed by atoms with van der Waals surface area (Å²) in [6.45, 7) is 3.94. The normalized spacial score (nSPS) is 10.1. The van der Waals surface area contributed by atoms with Crippen molar-refractivity contribution in [2.24, 2.45) is 5.73 Å². The average Bonchev–Trinajstić information content (AvgIpc) is 2.28. The number of hydrogen-bond donors (Lipinski definition) is 2. The number of aromatic nitrogens is 2. The van der Waals surface area contributed by atoms with Crippen molar-refractivity contribution >= 4 is 28.7 Å². The maximum atomic E-state index is 5.73. The highest BCUT2D eigenvalue weighted by Gasteiger charge is 2.10. The highest BCUT2D eigenvalue weighted by Crippen LogP contribution is 2.21. The van der Waals surface area contributed by atoms with Gasteiger partial charge in [0.15, 0.2) is 0 Å². The Kier molecular flexibility index (Phi) is 3.53. The summed E-state index contributed by atoms with van der Waals surface area (Å²) in [6, 6.07) is 3.87. The Balaban J connectivity index is 2.40. The molecule has 0 saturated heterocycles. The SMILES string of the molecule is Cc1cncc(Nc2nccc(C)c2C(N)=S)c1. The molecule has 92 valence electrons. The highest BCUT2D eigenvalue weighted by atomic mass is 32.1. The van der Waals surface area contributed by atoms with Crippen LogP contribution in [0.15, 0.2) is 30.7 Å². The molecule has 5 heteroatoms. The van der Waals surface area contributed by atoms with Crippen molar-refractivity contribution in [2.45, 2.75) is 13.8 Å². The fourth-order valence-electron chi connectivity index (χ4n) is 1.72.